The Morgan fingerprint density at radius 1 is 0.943 bits per heavy atom. The number of benzene rings is 2. The molecule has 0 unspecified atom stereocenters. The lowest BCUT2D eigenvalue weighted by Gasteiger charge is -2.21. The first-order valence-electron chi connectivity index (χ1n) is 12.8. The summed E-state index contributed by atoms with van der Waals surface area (Å²) in [6.45, 7) is 9.29. The molecule has 0 spiro atoms. The van der Waals surface area contributed by atoms with Crippen molar-refractivity contribution in [1.29, 1.82) is 0 Å². The maximum absolute atomic E-state index is 12.5. The lowest BCUT2D eigenvalue weighted by Crippen LogP contribution is -2.29. The number of rotatable bonds is 12. The molecule has 2 aromatic rings. The summed E-state index contributed by atoms with van der Waals surface area (Å²) < 4.78 is 16.4. The molecule has 0 radical (unpaired) electrons. The summed E-state index contributed by atoms with van der Waals surface area (Å²) in [6, 6.07) is 17.8. The Kier molecular flexibility index (Phi) is 10.6. The number of nitrogens with zero attached hydrogens (tertiary/aromatic N) is 1. The zero-order chi connectivity index (χ0) is 25.0. The molecule has 1 aliphatic rings. The summed E-state index contributed by atoms with van der Waals surface area (Å²) >= 11 is 0. The van der Waals surface area contributed by atoms with Gasteiger partial charge < -0.3 is 19.1 Å². The number of hydrogen-bond donors (Lipinski definition) is 0. The van der Waals surface area contributed by atoms with E-state index in [0.29, 0.717) is 6.61 Å². The zero-order valence-corrected chi connectivity index (χ0v) is 21.3. The van der Waals surface area contributed by atoms with Gasteiger partial charge in [-0.25, -0.2) is 4.79 Å². The molecule has 0 amide bonds. The summed E-state index contributed by atoms with van der Waals surface area (Å²) in [5.41, 5.74) is 3.08. The Morgan fingerprint density at radius 2 is 1.66 bits per heavy atom. The average Bonchev–Trinajstić information content (AvgIpc) is 3.32. The second-order valence-corrected chi connectivity index (χ2v) is 9.23. The smallest absolute Gasteiger partial charge is 0.460 e. The number of esters is 1. The molecule has 1 fully saturated rings. The molecule has 0 bridgehead atoms. The third-order valence-corrected chi connectivity index (χ3v) is 6.91. The Labute approximate surface area is 209 Å². The number of hydrogen-bond acceptors (Lipinski definition) is 6. The third-order valence-electron chi connectivity index (χ3n) is 6.91. The van der Waals surface area contributed by atoms with E-state index >= 15 is 0 Å². The van der Waals surface area contributed by atoms with Gasteiger partial charge in [0.25, 0.3) is 0 Å². The molecule has 0 aliphatic heterocycles. The first-order valence-corrected chi connectivity index (χ1v) is 12.8. The second kappa shape index (κ2) is 13.9. The van der Waals surface area contributed by atoms with Crippen molar-refractivity contribution >= 4 is 12.1 Å². The topological polar surface area (TPSA) is 65.1 Å². The fraction of sp³-hybridized carbons (Fsp3) is 0.517. The molecule has 3 rings (SSSR count). The van der Waals surface area contributed by atoms with Gasteiger partial charge in [0.05, 0.1) is 5.92 Å². The Hall–Kier alpha value is -2.86. The van der Waals surface area contributed by atoms with Gasteiger partial charge in [-0.15, -0.1) is 0 Å². The molecule has 0 heterocycles. The van der Waals surface area contributed by atoms with Gasteiger partial charge in [-0.05, 0) is 62.4 Å². The molecule has 2 aromatic carbocycles. The molecule has 190 valence electrons. The quantitative estimate of drug-likeness (QED) is 0.360. The molecule has 0 aromatic heterocycles. The number of carbonyl (C=O) groups is 2. The molecule has 1 aliphatic carbocycles. The number of carbonyl (C=O) groups excluding carboxylic acids is 2. The normalized spacial score (nSPS) is 18.3. The maximum atomic E-state index is 12.5. The van der Waals surface area contributed by atoms with Crippen LogP contribution in [-0.4, -0.2) is 49.4 Å². The fourth-order valence-electron chi connectivity index (χ4n) is 4.58. The predicted molar refractivity (Wildman–Crippen MR) is 136 cm³/mol. The summed E-state index contributed by atoms with van der Waals surface area (Å²) in [6.07, 6.45) is 3.11. The van der Waals surface area contributed by atoms with Crippen LogP contribution in [0.1, 0.15) is 62.6 Å². The van der Waals surface area contributed by atoms with Crippen molar-refractivity contribution in [2.24, 2.45) is 5.92 Å². The molecule has 35 heavy (non-hydrogen) atoms. The Morgan fingerprint density at radius 3 is 2.34 bits per heavy atom. The van der Waals surface area contributed by atoms with Crippen LogP contribution in [0.4, 0.5) is 4.79 Å². The van der Waals surface area contributed by atoms with Gasteiger partial charge in [-0.1, -0.05) is 68.4 Å². The van der Waals surface area contributed by atoms with Gasteiger partial charge in [0, 0.05) is 12.5 Å². The monoisotopic (exact) mass is 481 g/mol. The highest BCUT2D eigenvalue weighted by Crippen LogP contribution is 2.32. The van der Waals surface area contributed by atoms with Crippen molar-refractivity contribution in [3.63, 3.8) is 0 Å². The Balaban J connectivity index is 1.45. The van der Waals surface area contributed by atoms with Crippen LogP contribution >= 0.6 is 0 Å². The van der Waals surface area contributed by atoms with Crippen LogP contribution in [0.3, 0.4) is 0 Å². The minimum Gasteiger partial charge on any atom is -0.460 e. The fourth-order valence-corrected chi connectivity index (χ4v) is 4.58. The van der Waals surface area contributed by atoms with Gasteiger partial charge in [0.15, 0.2) is 0 Å². The summed E-state index contributed by atoms with van der Waals surface area (Å²) in [7, 11) is 0. The standard InChI is InChI=1S/C29H39NO5/c1-4-30(5-2)18-19-33-29(32)35-27-13-9-12-26(27)20-23-14-16-25(17-15-23)22(3)28(31)34-21-24-10-7-6-8-11-24/h6-8,10-11,14-17,22,26-27H,4-5,9,12-13,18-21H2,1-3H3/t22-,26+,27-/m0/s1. The van der Waals surface area contributed by atoms with Crippen molar-refractivity contribution in [1.82, 2.24) is 4.90 Å². The molecule has 0 N–H and O–H groups in total. The van der Waals surface area contributed by atoms with Crippen LogP contribution in [0.2, 0.25) is 0 Å². The summed E-state index contributed by atoms with van der Waals surface area (Å²) in [5.74, 6) is -0.281. The number of likely N-dealkylation sites (N-methyl/N-ethyl adjacent to an activating group) is 1. The molecular weight excluding hydrogens is 442 g/mol. The van der Waals surface area contributed by atoms with Gasteiger partial charge in [0.2, 0.25) is 0 Å². The lowest BCUT2D eigenvalue weighted by molar-refractivity contribution is -0.146. The van der Waals surface area contributed by atoms with E-state index in [-0.39, 0.29) is 30.5 Å². The highest BCUT2D eigenvalue weighted by atomic mass is 16.7. The van der Waals surface area contributed by atoms with Crippen LogP contribution in [0.15, 0.2) is 54.6 Å². The van der Waals surface area contributed by atoms with Gasteiger partial charge in [-0.3, -0.25) is 4.79 Å². The van der Waals surface area contributed by atoms with E-state index in [9.17, 15) is 9.59 Å². The average molecular weight is 482 g/mol. The van der Waals surface area contributed by atoms with Crippen molar-refractivity contribution in [2.45, 2.75) is 65.1 Å². The molecule has 6 nitrogen and oxygen atoms in total. The van der Waals surface area contributed by atoms with Crippen molar-refractivity contribution in [3.05, 3.63) is 71.3 Å². The lowest BCUT2D eigenvalue weighted by atomic mass is 9.93. The van der Waals surface area contributed by atoms with E-state index < -0.39 is 6.16 Å². The molecular formula is C29H39NO5. The summed E-state index contributed by atoms with van der Waals surface area (Å²) in [5, 5.41) is 0. The van der Waals surface area contributed by atoms with Crippen molar-refractivity contribution < 1.29 is 23.8 Å². The molecule has 0 saturated heterocycles. The van der Waals surface area contributed by atoms with Gasteiger partial charge in [-0.2, -0.15) is 0 Å². The SMILES string of the molecule is CCN(CC)CCOC(=O)O[C@H]1CCC[C@@H]1Cc1ccc([C@H](C)C(=O)OCc2ccccc2)cc1. The van der Waals surface area contributed by atoms with Crippen LogP contribution in [0.25, 0.3) is 0 Å². The first kappa shape index (κ1) is 26.7. The van der Waals surface area contributed by atoms with E-state index in [1.54, 1.807) is 0 Å². The molecule has 3 atom stereocenters. The highest BCUT2D eigenvalue weighted by Gasteiger charge is 2.31. The van der Waals surface area contributed by atoms with Crippen LogP contribution < -0.4 is 0 Å². The minimum absolute atomic E-state index is 0.109. The van der Waals surface area contributed by atoms with Gasteiger partial charge >= 0.3 is 12.1 Å². The Bertz CT molecular complexity index is 910. The summed E-state index contributed by atoms with van der Waals surface area (Å²) in [4.78, 5) is 26.9. The third kappa shape index (κ3) is 8.39. The van der Waals surface area contributed by atoms with Crippen molar-refractivity contribution in [2.75, 3.05) is 26.2 Å². The van der Waals surface area contributed by atoms with E-state index in [1.165, 1.54) is 5.56 Å². The molecule has 1 saturated carbocycles. The van der Waals surface area contributed by atoms with E-state index in [4.69, 9.17) is 14.2 Å². The van der Waals surface area contributed by atoms with Crippen LogP contribution in [0.5, 0.6) is 0 Å². The largest absolute Gasteiger partial charge is 0.508 e. The van der Waals surface area contributed by atoms with Crippen LogP contribution in [0, 0.1) is 5.92 Å². The first-order chi connectivity index (χ1) is 17.0. The molecule has 6 heteroatoms. The van der Waals surface area contributed by atoms with E-state index in [1.807, 2.05) is 49.4 Å². The van der Waals surface area contributed by atoms with E-state index in [2.05, 4.69) is 30.9 Å². The second-order valence-electron chi connectivity index (χ2n) is 9.23. The van der Waals surface area contributed by atoms with Gasteiger partial charge in [0.1, 0.15) is 19.3 Å². The predicted octanol–water partition coefficient (Wildman–Crippen LogP) is 5.74. The van der Waals surface area contributed by atoms with Crippen LogP contribution in [-0.2, 0) is 32.0 Å². The highest BCUT2D eigenvalue weighted by molar-refractivity contribution is 5.77. The van der Waals surface area contributed by atoms with E-state index in [0.717, 1.165) is 56.4 Å². The van der Waals surface area contributed by atoms with Crippen molar-refractivity contribution in [3.8, 4) is 0 Å². The maximum Gasteiger partial charge on any atom is 0.508 e. The number of ether oxygens (including phenoxy) is 3. The minimum atomic E-state index is -0.563. The zero-order valence-electron chi connectivity index (χ0n) is 21.3.